The minimum absolute atomic E-state index is 0.526. The molecule has 0 bridgehead atoms. The van der Waals surface area contributed by atoms with Gasteiger partial charge in [-0.05, 0) is 92.8 Å². The average molecular weight is 261 g/mol. The third-order valence-corrected chi connectivity index (χ3v) is 7.78. The third kappa shape index (κ3) is 1.91. The largest absolute Gasteiger partial charge is 0.328 e. The van der Waals surface area contributed by atoms with Crippen molar-refractivity contribution in [3.63, 3.8) is 0 Å². The second-order valence-corrected chi connectivity index (χ2v) is 8.59. The molecule has 0 aliphatic heterocycles. The Morgan fingerprint density at radius 2 is 1.68 bits per heavy atom. The van der Waals surface area contributed by atoms with E-state index in [4.69, 9.17) is 5.73 Å². The van der Waals surface area contributed by atoms with Gasteiger partial charge in [0.1, 0.15) is 0 Å². The fourth-order valence-electron chi connectivity index (χ4n) is 6.88. The van der Waals surface area contributed by atoms with Gasteiger partial charge in [-0.1, -0.05) is 13.3 Å². The lowest BCUT2D eigenvalue weighted by Crippen LogP contribution is -2.48. The van der Waals surface area contributed by atoms with Crippen LogP contribution in [0.15, 0.2) is 0 Å². The highest BCUT2D eigenvalue weighted by Crippen LogP contribution is 2.62. The molecule has 1 heteroatoms. The Morgan fingerprint density at radius 1 is 0.842 bits per heavy atom. The molecule has 0 spiro atoms. The third-order valence-electron chi connectivity index (χ3n) is 7.78. The molecule has 4 rings (SSSR count). The molecule has 0 aromatic heterocycles. The summed E-state index contributed by atoms with van der Waals surface area (Å²) in [6.45, 7) is 2.61. The van der Waals surface area contributed by atoms with E-state index in [0.717, 1.165) is 35.0 Å². The molecule has 0 radical (unpaired) electrons. The lowest BCUT2D eigenvalue weighted by Gasteiger charge is -2.55. The van der Waals surface area contributed by atoms with E-state index in [9.17, 15) is 0 Å². The van der Waals surface area contributed by atoms with Gasteiger partial charge in [-0.15, -0.1) is 0 Å². The van der Waals surface area contributed by atoms with Gasteiger partial charge in [0.25, 0.3) is 0 Å². The molecule has 4 fully saturated rings. The van der Waals surface area contributed by atoms with E-state index in [1.54, 1.807) is 19.3 Å². The van der Waals surface area contributed by atoms with Crippen molar-refractivity contribution < 1.29 is 0 Å². The Labute approximate surface area is 118 Å². The average Bonchev–Trinajstić information content (AvgIpc) is 2.79. The van der Waals surface area contributed by atoms with E-state index >= 15 is 0 Å². The smallest absolute Gasteiger partial charge is 0.00416 e. The fourth-order valence-corrected chi connectivity index (χ4v) is 6.88. The number of hydrogen-bond acceptors (Lipinski definition) is 1. The molecule has 108 valence electrons. The SMILES string of the molecule is C[C@@]12CCCC1C1CCC3CC(N)CCC3C1CC2. The van der Waals surface area contributed by atoms with E-state index in [-0.39, 0.29) is 0 Å². The first-order valence-corrected chi connectivity index (χ1v) is 8.93. The molecule has 6 unspecified atom stereocenters. The molecule has 4 saturated carbocycles. The summed E-state index contributed by atoms with van der Waals surface area (Å²) in [7, 11) is 0. The van der Waals surface area contributed by atoms with Gasteiger partial charge in [-0.2, -0.15) is 0 Å². The van der Waals surface area contributed by atoms with E-state index in [1.807, 2.05) is 0 Å². The molecule has 4 aliphatic rings. The van der Waals surface area contributed by atoms with Gasteiger partial charge < -0.3 is 5.73 Å². The Kier molecular flexibility index (Phi) is 2.99. The van der Waals surface area contributed by atoms with Gasteiger partial charge in [0.2, 0.25) is 0 Å². The highest BCUT2D eigenvalue weighted by molar-refractivity contribution is 5.03. The summed E-state index contributed by atoms with van der Waals surface area (Å²) in [5, 5.41) is 0. The molecule has 7 atom stereocenters. The summed E-state index contributed by atoms with van der Waals surface area (Å²) in [5.41, 5.74) is 6.95. The summed E-state index contributed by atoms with van der Waals surface area (Å²) in [6.07, 6.45) is 14.8. The number of fused-ring (bicyclic) bond motifs is 5. The molecule has 0 aromatic rings. The minimum Gasteiger partial charge on any atom is -0.328 e. The van der Waals surface area contributed by atoms with E-state index in [0.29, 0.717) is 6.04 Å². The van der Waals surface area contributed by atoms with E-state index in [2.05, 4.69) is 6.92 Å². The fraction of sp³-hybridized carbons (Fsp3) is 1.00. The zero-order chi connectivity index (χ0) is 13.0. The van der Waals surface area contributed by atoms with Gasteiger partial charge in [0.15, 0.2) is 0 Å². The maximum absolute atomic E-state index is 6.22. The molecular weight excluding hydrogens is 230 g/mol. The molecule has 2 N–H and O–H groups in total. The Morgan fingerprint density at radius 3 is 2.58 bits per heavy atom. The molecule has 1 nitrogen and oxygen atoms in total. The Bertz CT molecular complexity index is 352. The van der Waals surface area contributed by atoms with Crippen LogP contribution in [0, 0.1) is 35.0 Å². The van der Waals surface area contributed by atoms with Crippen molar-refractivity contribution in [3.8, 4) is 0 Å². The lowest BCUT2D eigenvalue weighted by atomic mass is 9.50. The minimum atomic E-state index is 0.526. The quantitative estimate of drug-likeness (QED) is 0.689. The van der Waals surface area contributed by atoms with Crippen LogP contribution in [0.25, 0.3) is 0 Å². The zero-order valence-electron chi connectivity index (χ0n) is 12.6. The van der Waals surface area contributed by atoms with Gasteiger partial charge >= 0.3 is 0 Å². The van der Waals surface area contributed by atoms with Crippen molar-refractivity contribution in [2.75, 3.05) is 0 Å². The Balaban J connectivity index is 1.56. The highest BCUT2D eigenvalue weighted by atomic mass is 14.7. The van der Waals surface area contributed by atoms with Crippen molar-refractivity contribution in [3.05, 3.63) is 0 Å². The summed E-state index contributed by atoms with van der Waals surface area (Å²) in [6, 6.07) is 0.526. The van der Waals surface area contributed by atoms with Crippen molar-refractivity contribution in [2.24, 2.45) is 40.7 Å². The van der Waals surface area contributed by atoms with Crippen molar-refractivity contribution in [2.45, 2.75) is 77.2 Å². The zero-order valence-corrected chi connectivity index (χ0v) is 12.6. The number of hydrogen-bond donors (Lipinski definition) is 1. The summed E-state index contributed by atoms with van der Waals surface area (Å²) in [4.78, 5) is 0. The van der Waals surface area contributed by atoms with Crippen LogP contribution in [0.1, 0.15) is 71.1 Å². The number of rotatable bonds is 0. The van der Waals surface area contributed by atoms with Gasteiger partial charge in [0, 0.05) is 6.04 Å². The Hall–Kier alpha value is -0.0400. The maximum atomic E-state index is 6.22. The van der Waals surface area contributed by atoms with Crippen LogP contribution in [0.2, 0.25) is 0 Å². The molecule has 0 amide bonds. The van der Waals surface area contributed by atoms with Crippen molar-refractivity contribution in [1.82, 2.24) is 0 Å². The molecule has 19 heavy (non-hydrogen) atoms. The van der Waals surface area contributed by atoms with Crippen molar-refractivity contribution >= 4 is 0 Å². The van der Waals surface area contributed by atoms with Crippen LogP contribution in [0.4, 0.5) is 0 Å². The summed E-state index contributed by atoms with van der Waals surface area (Å²) >= 11 is 0. The van der Waals surface area contributed by atoms with Crippen LogP contribution in [-0.2, 0) is 0 Å². The summed E-state index contributed by atoms with van der Waals surface area (Å²) in [5.74, 6) is 5.32. The normalized spacial score (nSPS) is 57.2. The first kappa shape index (κ1) is 12.7. The van der Waals surface area contributed by atoms with Gasteiger partial charge in [-0.25, -0.2) is 0 Å². The standard InChI is InChI=1S/C18H31N/c1-18-9-2-3-17(18)16-6-4-12-11-13(19)5-7-14(12)15(16)8-10-18/h12-17H,2-11,19H2,1H3/t12?,13?,14?,15?,16?,17?,18-/m0/s1. The lowest BCUT2D eigenvalue weighted by molar-refractivity contribution is -0.0514. The van der Waals surface area contributed by atoms with Crippen LogP contribution in [0.3, 0.4) is 0 Å². The molecular formula is C18H31N. The van der Waals surface area contributed by atoms with Crippen LogP contribution in [-0.4, -0.2) is 6.04 Å². The summed E-state index contributed by atoms with van der Waals surface area (Å²) < 4.78 is 0. The maximum Gasteiger partial charge on any atom is 0.00416 e. The second kappa shape index (κ2) is 4.48. The van der Waals surface area contributed by atoms with E-state index < -0.39 is 0 Å². The first-order chi connectivity index (χ1) is 9.17. The number of nitrogens with two attached hydrogens (primary N) is 1. The van der Waals surface area contributed by atoms with Gasteiger partial charge in [0.05, 0.1) is 0 Å². The predicted molar refractivity (Wildman–Crippen MR) is 79.7 cm³/mol. The topological polar surface area (TPSA) is 26.0 Å². The first-order valence-electron chi connectivity index (χ1n) is 8.93. The van der Waals surface area contributed by atoms with E-state index in [1.165, 1.54) is 44.9 Å². The van der Waals surface area contributed by atoms with Crippen LogP contribution in [0.5, 0.6) is 0 Å². The van der Waals surface area contributed by atoms with Crippen LogP contribution < -0.4 is 5.73 Å². The predicted octanol–water partition coefficient (Wildman–Crippen LogP) is 4.36. The van der Waals surface area contributed by atoms with Gasteiger partial charge in [-0.3, -0.25) is 0 Å². The molecule has 0 saturated heterocycles. The highest BCUT2D eigenvalue weighted by Gasteiger charge is 2.53. The van der Waals surface area contributed by atoms with Crippen LogP contribution >= 0.6 is 0 Å². The van der Waals surface area contributed by atoms with Crippen molar-refractivity contribution in [1.29, 1.82) is 0 Å². The second-order valence-electron chi connectivity index (χ2n) is 8.59. The molecule has 0 heterocycles. The molecule has 4 aliphatic carbocycles. The monoisotopic (exact) mass is 261 g/mol. The molecule has 0 aromatic carbocycles.